The van der Waals surface area contributed by atoms with Gasteiger partial charge >= 0.3 is 0 Å². The van der Waals surface area contributed by atoms with E-state index in [2.05, 4.69) is 57.4 Å². The largest absolute Gasteiger partial charge is 0.250 e. The van der Waals surface area contributed by atoms with Gasteiger partial charge in [-0.3, -0.25) is 0 Å². The lowest BCUT2D eigenvalue weighted by atomic mass is 9.91. The lowest BCUT2D eigenvalue weighted by Crippen LogP contribution is -2.31. The summed E-state index contributed by atoms with van der Waals surface area (Å²) in [6, 6.07) is 1.68. The van der Waals surface area contributed by atoms with Gasteiger partial charge in [0.15, 0.2) is 0 Å². The summed E-state index contributed by atoms with van der Waals surface area (Å²) in [6.45, 7) is 8.68. The van der Waals surface area contributed by atoms with E-state index in [1.807, 2.05) is 6.92 Å². The monoisotopic (exact) mass is 431 g/mol. The summed E-state index contributed by atoms with van der Waals surface area (Å²) in [5, 5.41) is 0. The van der Waals surface area contributed by atoms with E-state index in [-0.39, 0.29) is 10.2 Å². The molecular weight excluding hydrogens is 414 g/mol. The Morgan fingerprint density at radius 1 is 1.42 bits per heavy atom. The van der Waals surface area contributed by atoms with Gasteiger partial charge in [-0.1, -0.05) is 36.7 Å². The molecule has 0 aliphatic heterocycles. The Hall–Kier alpha value is 0.570. The first-order chi connectivity index (χ1) is 8.51. The summed E-state index contributed by atoms with van der Waals surface area (Å²) in [6.07, 6.45) is 0.905. The predicted octanol–water partition coefficient (Wildman–Crippen LogP) is 4.30. The second-order valence-electron chi connectivity index (χ2n) is 5.74. The third-order valence-corrected chi connectivity index (χ3v) is 7.11. The Balaban J connectivity index is 2.66. The minimum atomic E-state index is -3.40. The summed E-state index contributed by atoms with van der Waals surface area (Å²) in [4.78, 5) is 0.131. The highest BCUT2D eigenvalue weighted by atomic mass is 79.9. The van der Waals surface area contributed by atoms with Crippen molar-refractivity contribution in [3.05, 3.63) is 15.4 Å². The molecule has 1 atom stereocenters. The van der Waals surface area contributed by atoms with Gasteiger partial charge in [-0.15, -0.1) is 11.3 Å². The van der Waals surface area contributed by atoms with E-state index in [9.17, 15) is 8.42 Å². The smallest absolute Gasteiger partial charge is 0.209 e. The number of aryl methyl sites for hydroxylation is 1. The minimum Gasteiger partial charge on any atom is -0.209 e. The van der Waals surface area contributed by atoms with Crippen molar-refractivity contribution in [2.24, 2.45) is 5.41 Å². The van der Waals surface area contributed by atoms with Gasteiger partial charge in [-0.05, 0) is 46.3 Å². The van der Waals surface area contributed by atoms with E-state index < -0.39 is 10.0 Å². The van der Waals surface area contributed by atoms with Crippen LogP contribution in [0.5, 0.6) is 0 Å². The molecule has 0 bridgehead atoms. The Kier molecular flexibility index (Phi) is 6.08. The minimum absolute atomic E-state index is 0.131. The van der Waals surface area contributed by atoms with Crippen LogP contribution in [0.3, 0.4) is 0 Å². The first-order valence-electron chi connectivity index (χ1n) is 5.91. The van der Waals surface area contributed by atoms with E-state index in [0.717, 1.165) is 15.8 Å². The maximum absolute atomic E-state index is 12.1. The third kappa shape index (κ3) is 5.83. The van der Waals surface area contributed by atoms with Gasteiger partial charge in [0.05, 0.1) is 3.79 Å². The molecule has 0 saturated heterocycles. The summed E-state index contributed by atoms with van der Waals surface area (Å²) in [5.41, 5.74) is 1.11. The van der Waals surface area contributed by atoms with Crippen molar-refractivity contribution < 1.29 is 8.42 Å². The number of alkyl halides is 1. The Morgan fingerprint density at radius 3 is 2.42 bits per heavy atom. The van der Waals surface area contributed by atoms with Crippen LogP contribution in [-0.4, -0.2) is 19.8 Å². The van der Waals surface area contributed by atoms with Crippen LogP contribution in [0, 0.1) is 12.3 Å². The standard InChI is InChI=1S/C12H19Br2NO2S2/c1-8-5-10(18-11(8)14)19(16,17)15-7-9(13)6-12(2,3)4/h5,9,15H,6-7H2,1-4H3. The topological polar surface area (TPSA) is 46.2 Å². The molecule has 1 rings (SSSR count). The van der Waals surface area contributed by atoms with Crippen LogP contribution in [0.4, 0.5) is 0 Å². The van der Waals surface area contributed by atoms with Crippen LogP contribution in [-0.2, 0) is 10.0 Å². The number of rotatable bonds is 5. The van der Waals surface area contributed by atoms with Crippen molar-refractivity contribution in [3.63, 3.8) is 0 Å². The second kappa shape index (κ2) is 6.56. The van der Waals surface area contributed by atoms with Crippen molar-refractivity contribution >= 4 is 53.2 Å². The zero-order valence-electron chi connectivity index (χ0n) is 11.5. The average molecular weight is 433 g/mol. The first-order valence-corrected chi connectivity index (χ1v) is 9.92. The molecule has 0 aromatic carbocycles. The molecule has 0 aliphatic carbocycles. The molecule has 1 unspecified atom stereocenters. The summed E-state index contributed by atoms with van der Waals surface area (Å²) >= 11 is 8.11. The number of nitrogens with one attached hydrogen (secondary N) is 1. The fourth-order valence-corrected chi connectivity index (χ4v) is 6.27. The number of sulfonamides is 1. The van der Waals surface area contributed by atoms with Crippen LogP contribution in [0.25, 0.3) is 0 Å². The van der Waals surface area contributed by atoms with Crippen LogP contribution in [0.2, 0.25) is 0 Å². The second-order valence-corrected chi connectivity index (χ2v) is 11.4. The summed E-state index contributed by atoms with van der Waals surface area (Å²) < 4.78 is 28.1. The molecule has 1 heterocycles. The van der Waals surface area contributed by atoms with E-state index in [4.69, 9.17) is 0 Å². The van der Waals surface area contributed by atoms with Crippen LogP contribution >= 0.6 is 43.2 Å². The number of thiophene rings is 1. The SMILES string of the molecule is Cc1cc(S(=O)(=O)NCC(Br)CC(C)(C)C)sc1Br. The van der Waals surface area contributed by atoms with Crippen LogP contribution in [0.1, 0.15) is 32.8 Å². The highest BCUT2D eigenvalue weighted by Gasteiger charge is 2.21. The molecule has 0 fully saturated rings. The molecule has 3 nitrogen and oxygen atoms in total. The van der Waals surface area contributed by atoms with E-state index >= 15 is 0 Å². The molecule has 1 aromatic rings. The van der Waals surface area contributed by atoms with E-state index in [1.165, 1.54) is 11.3 Å². The quantitative estimate of drug-likeness (QED) is 0.705. The molecule has 0 amide bonds. The molecule has 0 aliphatic rings. The van der Waals surface area contributed by atoms with Gasteiger partial charge in [0, 0.05) is 11.4 Å². The third-order valence-electron chi connectivity index (χ3n) is 2.43. The fourth-order valence-electron chi connectivity index (χ4n) is 1.57. The van der Waals surface area contributed by atoms with Gasteiger partial charge in [0.1, 0.15) is 4.21 Å². The molecular formula is C12H19Br2NO2S2. The maximum atomic E-state index is 12.1. The summed E-state index contributed by atoms with van der Waals surface area (Å²) in [5.74, 6) is 0. The van der Waals surface area contributed by atoms with Gasteiger partial charge in [-0.2, -0.15) is 0 Å². The van der Waals surface area contributed by atoms with Gasteiger partial charge < -0.3 is 0 Å². The van der Waals surface area contributed by atoms with Crippen molar-refractivity contribution in [3.8, 4) is 0 Å². The van der Waals surface area contributed by atoms with Crippen molar-refractivity contribution in [2.45, 2.75) is 43.2 Å². The van der Waals surface area contributed by atoms with Gasteiger partial charge in [0.25, 0.3) is 0 Å². The number of halogens is 2. The Bertz CT molecular complexity index is 513. The number of hydrogen-bond donors (Lipinski definition) is 1. The molecule has 0 radical (unpaired) electrons. The Morgan fingerprint density at radius 2 is 2.00 bits per heavy atom. The van der Waals surface area contributed by atoms with Crippen LogP contribution < -0.4 is 4.72 Å². The fraction of sp³-hybridized carbons (Fsp3) is 0.667. The maximum Gasteiger partial charge on any atom is 0.250 e. The molecule has 110 valence electrons. The van der Waals surface area contributed by atoms with Gasteiger partial charge in [-0.25, -0.2) is 13.1 Å². The van der Waals surface area contributed by atoms with Crippen molar-refractivity contribution in [2.75, 3.05) is 6.54 Å². The predicted molar refractivity (Wildman–Crippen MR) is 88.7 cm³/mol. The van der Waals surface area contributed by atoms with Crippen molar-refractivity contribution in [1.82, 2.24) is 4.72 Å². The normalized spacial score (nSPS) is 14.6. The zero-order chi connectivity index (χ0) is 14.8. The zero-order valence-corrected chi connectivity index (χ0v) is 16.3. The molecule has 0 saturated carbocycles. The van der Waals surface area contributed by atoms with E-state index in [0.29, 0.717) is 10.8 Å². The molecule has 1 aromatic heterocycles. The highest BCUT2D eigenvalue weighted by Crippen LogP contribution is 2.30. The van der Waals surface area contributed by atoms with Crippen molar-refractivity contribution in [1.29, 1.82) is 0 Å². The average Bonchev–Trinajstić information content (AvgIpc) is 2.55. The Labute approximate surface area is 136 Å². The number of hydrogen-bond acceptors (Lipinski definition) is 3. The van der Waals surface area contributed by atoms with Gasteiger partial charge in [0.2, 0.25) is 10.0 Å². The molecule has 1 N–H and O–H groups in total. The molecule has 0 spiro atoms. The van der Waals surface area contributed by atoms with E-state index in [1.54, 1.807) is 6.07 Å². The lowest BCUT2D eigenvalue weighted by molar-refractivity contribution is 0.373. The summed E-state index contributed by atoms with van der Waals surface area (Å²) in [7, 11) is -3.40. The lowest BCUT2D eigenvalue weighted by Gasteiger charge is -2.22. The first kappa shape index (κ1) is 17.6. The molecule has 7 heteroatoms. The van der Waals surface area contributed by atoms with Crippen LogP contribution in [0.15, 0.2) is 14.1 Å². The molecule has 19 heavy (non-hydrogen) atoms. The highest BCUT2D eigenvalue weighted by molar-refractivity contribution is 9.11.